The number of nitrogens with one attached hydrogen (secondary N) is 1. The van der Waals surface area contributed by atoms with Gasteiger partial charge in [-0.2, -0.15) is 9.78 Å². The molecule has 0 aliphatic rings. The summed E-state index contributed by atoms with van der Waals surface area (Å²) in [6.45, 7) is 5.41. The van der Waals surface area contributed by atoms with E-state index in [0.717, 1.165) is 21.9 Å². The van der Waals surface area contributed by atoms with Gasteiger partial charge in [0.15, 0.2) is 12.4 Å². The summed E-state index contributed by atoms with van der Waals surface area (Å²) in [6, 6.07) is 16.0. The van der Waals surface area contributed by atoms with Crippen molar-refractivity contribution in [3.05, 3.63) is 81.8 Å². The Labute approximate surface area is 206 Å². The van der Waals surface area contributed by atoms with E-state index in [0.29, 0.717) is 39.9 Å². The number of rotatable bonds is 6. The van der Waals surface area contributed by atoms with Crippen molar-refractivity contribution in [1.29, 1.82) is 0 Å². The molecule has 0 unspecified atom stereocenters. The third-order valence-corrected chi connectivity index (χ3v) is 5.82. The minimum Gasteiger partial charge on any atom is -0.494 e. The molecule has 9 heteroatoms. The zero-order valence-electron chi connectivity index (χ0n) is 20.3. The Hall–Kier alpha value is -4.66. The molecule has 0 spiro atoms. The van der Waals surface area contributed by atoms with Crippen molar-refractivity contribution in [2.75, 3.05) is 19.0 Å². The van der Waals surface area contributed by atoms with E-state index < -0.39 is 5.63 Å². The van der Waals surface area contributed by atoms with E-state index in [2.05, 4.69) is 10.4 Å². The maximum Gasteiger partial charge on any atom is 0.336 e. The summed E-state index contributed by atoms with van der Waals surface area (Å²) in [5.74, 6) is 1.70. The minimum atomic E-state index is -0.436. The molecule has 0 saturated carbocycles. The highest BCUT2D eigenvalue weighted by Gasteiger charge is 2.15. The summed E-state index contributed by atoms with van der Waals surface area (Å²) in [5.41, 5.74) is 3.20. The normalized spacial score (nSPS) is 11.1. The Morgan fingerprint density at radius 3 is 2.64 bits per heavy atom. The van der Waals surface area contributed by atoms with Crippen molar-refractivity contribution in [3.8, 4) is 17.3 Å². The first-order valence-electron chi connectivity index (χ1n) is 11.3. The third-order valence-electron chi connectivity index (χ3n) is 5.82. The van der Waals surface area contributed by atoms with E-state index in [9.17, 15) is 9.59 Å². The number of methoxy groups -OCH3 is 1. The van der Waals surface area contributed by atoms with Gasteiger partial charge in [0.1, 0.15) is 28.4 Å². The molecule has 5 rings (SSSR count). The van der Waals surface area contributed by atoms with E-state index in [1.807, 2.05) is 45.0 Å². The van der Waals surface area contributed by atoms with Crippen LogP contribution in [0.5, 0.6) is 11.5 Å². The summed E-state index contributed by atoms with van der Waals surface area (Å²) in [5, 5.41) is 9.15. The van der Waals surface area contributed by atoms with Crippen LogP contribution in [0.15, 0.2) is 63.8 Å². The molecule has 2 aromatic carbocycles. The van der Waals surface area contributed by atoms with Crippen LogP contribution in [-0.4, -0.2) is 34.4 Å². The maximum absolute atomic E-state index is 12.7. The first-order chi connectivity index (χ1) is 17.3. The Kier molecular flexibility index (Phi) is 5.89. The molecule has 9 nitrogen and oxygen atoms in total. The standard InChI is InChI=1S/C27H24N4O5/c1-15-10-23(29-27-20(15)6-5-7-21(27)34-4)31-24(12-17(3)30-31)28-25(32)14-35-18-8-9-19-16(2)11-26(33)36-22(19)13-18/h5-13H,14H2,1-4H3,(H,28,32). The van der Waals surface area contributed by atoms with Crippen LogP contribution in [0, 0.1) is 20.8 Å². The van der Waals surface area contributed by atoms with Crippen LogP contribution in [0.1, 0.15) is 16.8 Å². The van der Waals surface area contributed by atoms with Crippen LogP contribution in [0.2, 0.25) is 0 Å². The number of benzene rings is 2. The van der Waals surface area contributed by atoms with E-state index in [-0.39, 0.29) is 12.5 Å². The van der Waals surface area contributed by atoms with Gasteiger partial charge in [0.05, 0.1) is 12.8 Å². The Morgan fingerprint density at radius 1 is 1.03 bits per heavy atom. The average Bonchev–Trinajstić information content (AvgIpc) is 3.21. The average molecular weight is 485 g/mol. The second kappa shape index (κ2) is 9.18. The van der Waals surface area contributed by atoms with Gasteiger partial charge < -0.3 is 19.2 Å². The molecule has 5 aromatic rings. The quantitative estimate of drug-likeness (QED) is 0.354. The maximum atomic E-state index is 12.7. The molecule has 1 N–H and O–H groups in total. The molecular formula is C27H24N4O5. The SMILES string of the molecule is COc1cccc2c(C)cc(-n3nc(C)cc3NC(=O)COc3ccc4c(C)cc(=O)oc4c3)nc12. The first-order valence-corrected chi connectivity index (χ1v) is 11.3. The predicted molar refractivity (Wildman–Crippen MR) is 136 cm³/mol. The molecule has 0 radical (unpaired) electrons. The number of para-hydroxylation sites is 1. The van der Waals surface area contributed by atoms with Crippen LogP contribution < -0.4 is 20.4 Å². The molecule has 0 bridgehead atoms. The summed E-state index contributed by atoms with van der Waals surface area (Å²) < 4.78 is 18.0. The number of nitrogens with zero attached hydrogens (tertiary/aromatic N) is 3. The number of hydrogen-bond donors (Lipinski definition) is 1. The highest BCUT2D eigenvalue weighted by molar-refractivity contribution is 5.92. The van der Waals surface area contributed by atoms with E-state index in [1.165, 1.54) is 6.07 Å². The fourth-order valence-corrected chi connectivity index (χ4v) is 4.13. The highest BCUT2D eigenvalue weighted by Crippen LogP contribution is 2.28. The van der Waals surface area contributed by atoms with Gasteiger partial charge in [-0.15, -0.1) is 0 Å². The van der Waals surface area contributed by atoms with E-state index in [1.54, 1.807) is 36.1 Å². The summed E-state index contributed by atoms with van der Waals surface area (Å²) >= 11 is 0. The fourth-order valence-electron chi connectivity index (χ4n) is 4.13. The van der Waals surface area contributed by atoms with Crippen molar-refractivity contribution < 1.29 is 18.7 Å². The van der Waals surface area contributed by atoms with E-state index in [4.69, 9.17) is 18.9 Å². The van der Waals surface area contributed by atoms with Crippen LogP contribution in [0.4, 0.5) is 5.82 Å². The Bertz CT molecular complexity index is 1690. The van der Waals surface area contributed by atoms with Crippen LogP contribution >= 0.6 is 0 Å². The number of hydrogen-bond acceptors (Lipinski definition) is 7. The second-order valence-corrected chi connectivity index (χ2v) is 8.48. The molecule has 0 saturated heterocycles. The number of carbonyl (C=O) groups excluding carboxylic acids is 1. The van der Waals surface area contributed by atoms with E-state index >= 15 is 0 Å². The predicted octanol–water partition coefficient (Wildman–Crippen LogP) is 4.48. The van der Waals surface area contributed by atoms with Gasteiger partial charge in [0.2, 0.25) is 0 Å². The van der Waals surface area contributed by atoms with Crippen LogP contribution in [0.3, 0.4) is 0 Å². The lowest BCUT2D eigenvalue weighted by Gasteiger charge is -2.12. The van der Waals surface area contributed by atoms with Crippen molar-refractivity contribution >= 4 is 33.6 Å². The molecule has 36 heavy (non-hydrogen) atoms. The zero-order valence-corrected chi connectivity index (χ0v) is 20.3. The van der Waals surface area contributed by atoms with Gasteiger partial charge in [-0.25, -0.2) is 9.78 Å². The largest absolute Gasteiger partial charge is 0.494 e. The topological polar surface area (TPSA) is 108 Å². The van der Waals surface area contributed by atoms with Gasteiger partial charge in [0.25, 0.3) is 5.91 Å². The number of anilines is 1. The number of amides is 1. The summed E-state index contributed by atoms with van der Waals surface area (Å²) in [4.78, 5) is 29.2. The Morgan fingerprint density at radius 2 is 1.83 bits per heavy atom. The molecule has 3 aromatic heterocycles. The lowest BCUT2D eigenvalue weighted by molar-refractivity contribution is -0.118. The van der Waals surface area contributed by atoms with Gasteiger partial charge in [0, 0.05) is 29.0 Å². The lowest BCUT2D eigenvalue weighted by Crippen LogP contribution is -2.22. The monoisotopic (exact) mass is 484 g/mol. The number of aromatic nitrogens is 3. The highest BCUT2D eigenvalue weighted by atomic mass is 16.5. The molecule has 0 aliphatic heterocycles. The third kappa shape index (κ3) is 4.38. The fraction of sp³-hybridized carbons (Fsp3) is 0.185. The smallest absolute Gasteiger partial charge is 0.336 e. The summed E-state index contributed by atoms with van der Waals surface area (Å²) in [7, 11) is 1.60. The number of carbonyl (C=O) groups is 1. The molecule has 1 amide bonds. The van der Waals surface area contributed by atoms with Crippen molar-refractivity contribution in [2.45, 2.75) is 20.8 Å². The van der Waals surface area contributed by atoms with Crippen LogP contribution in [0.25, 0.3) is 27.7 Å². The molecule has 182 valence electrons. The minimum absolute atomic E-state index is 0.246. The van der Waals surface area contributed by atoms with Gasteiger partial charge in [-0.05, 0) is 56.2 Å². The van der Waals surface area contributed by atoms with Gasteiger partial charge in [-0.3, -0.25) is 4.79 Å². The van der Waals surface area contributed by atoms with Gasteiger partial charge in [-0.1, -0.05) is 12.1 Å². The molecular weight excluding hydrogens is 460 g/mol. The molecule has 3 heterocycles. The number of fused-ring (bicyclic) bond motifs is 2. The van der Waals surface area contributed by atoms with Crippen molar-refractivity contribution in [2.24, 2.45) is 0 Å². The number of ether oxygens (including phenoxy) is 2. The molecule has 0 fully saturated rings. The zero-order chi connectivity index (χ0) is 25.4. The number of pyridine rings is 1. The number of aryl methyl sites for hydroxylation is 3. The van der Waals surface area contributed by atoms with Gasteiger partial charge >= 0.3 is 5.63 Å². The molecule has 0 atom stereocenters. The molecule has 0 aliphatic carbocycles. The van der Waals surface area contributed by atoms with Crippen molar-refractivity contribution in [3.63, 3.8) is 0 Å². The summed E-state index contributed by atoms with van der Waals surface area (Å²) in [6.07, 6.45) is 0. The van der Waals surface area contributed by atoms with Crippen LogP contribution in [-0.2, 0) is 4.79 Å². The van der Waals surface area contributed by atoms with Crippen molar-refractivity contribution in [1.82, 2.24) is 14.8 Å². The lowest BCUT2D eigenvalue weighted by atomic mass is 10.1. The first kappa shape index (κ1) is 23.1. The Balaban J connectivity index is 1.38. The second-order valence-electron chi connectivity index (χ2n) is 8.48.